The molecule has 0 atom stereocenters. The fourth-order valence-electron chi connectivity index (χ4n) is 1.92. The number of thiophene rings is 1. The Morgan fingerprint density at radius 3 is 2.58 bits per heavy atom. The average Bonchev–Trinajstić information content (AvgIpc) is 2.58. The molecule has 0 amide bonds. The molecule has 2 rings (SSSR count). The van der Waals surface area contributed by atoms with Crippen LogP contribution in [0.1, 0.15) is 37.2 Å². The molecule has 1 fully saturated rings. The number of hydrogen-bond donors (Lipinski definition) is 1. The summed E-state index contributed by atoms with van der Waals surface area (Å²) >= 11 is 5.22. The molecule has 1 nitrogen and oxygen atoms in total. The summed E-state index contributed by atoms with van der Waals surface area (Å²) in [6.07, 6.45) is 5.45. The Hall–Kier alpha value is -0.0200. The van der Waals surface area contributed by atoms with Gasteiger partial charge >= 0.3 is 0 Å². The van der Waals surface area contributed by atoms with Gasteiger partial charge in [-0.25, -0.2) is 0 Å². The van der Waals surface area contributed by atoms with Gasteiger partial charge < -0.3 is 5.73 Å². The van der Waals surface area contributed by atoms with Crippen molar-refractivity contribution in [2.45, 2.75) is 31.6 Å². The van der Waals surface area contributed by atoms with E-state index in [0.29, 0.717) is 0 Å². The first-order valence-corrected chi connectivity index (χ1v) is 5.93. The van der Waals surface area contributed by atoms with Crippen LogP contribution in [0, 0.1) is 0 Å². The molecule has 12 heavy (non-hydrogen) atoms. The summed E-state index contributed by atoms with van der Waals surface area (Å²) in [5, 5.41) is 0.934. The van der Waals surface area contributed by atoms with E-state index in [9.17, 15) is 0 Å². The van der Waals surface area contributed by atoms with Crippen LogP contribution in [-0.4, -0.2) is 0 Å². The lowest BCUT2D eigenvalue weighted by Gasteiger charge is -2.05. The molecule has 0 aliphatic heterocycles. The van der Waals surface area contributed by atoms with Crippen molar-refractivity contribution in [2.24, 2.45) is 0 Å². The number of halogens is 1. The molecule has 0 aromatic carbocycles. The molecule has 0 saturated heterocycles. The van der Waals surface area contributed by atoms with Crippen LogP contribution >= 0.6 is 27.3 Å². The Morgan fingerprint density at radius 1 is 1.42 bits per heavy atom. The molecule has 1 saturated carbocycles. The smallest absolute Gasteiger partial charge is 0.0871 e. The first kappa shape index (κ1) is 8.57. The van der Waals surface area contributed by atoms with Crippen LogP contribution in [-0.2, 0) is 0 Å². The molecule has 0 unspecified atom stereocenters. The maximum atomic E-state index is 5.74. The van der Waals surface area contributed by atoms with Gasteiger partial charge in [0.25, 0.3) is 0 Å². The van der Waals surface area contributed by atoms with Gasteiger partial charge in [0, 0.05) is 0 Å². The van der Waals surface area contributed by atoms with Crippen LogP contribution in [0.3, 0.4) is 0 Å². The van der Waals surface area contributed by atoms with Crippen LogP contribution in [0.2, 0.25) is 0 Å². The van der Waals surface area contributed by atoms with Gasteiger partial charge in [0.15, 0.2) is 0 Å². The van der Waals surface area contributed by atoms with E-state index >= 15 is 0 Å². The highest BCUT2D eigenvalue weighted by Gasteiger charge is 2.20. The van der Waals surface area contributed by atoms with Crippen molar-refractivity contribution in [1.82, 2.24) is 0 Å². The molecule has 3 heteroatoms. The molecule has 1 heterocycles. The molecule has 1 aliphatic rings. The zero-order valence-corrected chi connectivity index (χ0v) is 9.25. The second-order valence-corrected chi connectivity index (χ2v) is 5.76. The normalized spacial score (nSPS) is 18.8. The Labute approximate surface area is 85.1 Å². The van der Waals surface area contributed by atoms with Gasteiger partial charge in [0.05, 0.1) is 8.79 Å². The van der Waals surface area contributed by atoms with E-state index in [1.165, 1.54) is 35.0 Å². The molecule has 1 aliphatic carbocycles. The Bertz CT molecular complexity index is 276. The first-order chi connectivity index (χ1) is 5.77. The van der Waals surface area contributed by atoms with Crippen LogP contribution in [0.25, 0.3) is 0 Å². The minimum Gasteiger partial charge on any atom is -0.391 e. The summed E-state index contributed by atoms with van der Waals surface area (Å²) in [4.78, 5) is 0. The summed E-state index contributed by atoms with van der Waals surface area (Å²) < 4.78 is 1.24. The van der Waals surface area contributed by atoms with Crippen molar-refractivity contribution in [3.63, 3.8) is 0 Å². The number of nitrogen functional groups attached to an aromatic ring is 1. The molecular weight excluding hydrogens is 234 g/mol. The van der Waals surface area contributed by atoms with Gasteiger partial charge in [-0.1, -0.05) is 12.8 Å². The van der Waals surface area contributed by atoms with E-state index in [4.69, 9.17) is 5.73 Å². The molecule has 0 radical (unpaired) electrons. The summed E-state index contributed by atoms with van der Waals surface area (Å²) in [6.45, 7) is 0. The van der Waals surface area contributed by atoms with E-state index in [2.05, 4.69) is 22.0 Å². The van der Waals surface area contributed by atoms with Gasteiger partial charge in [-0.15, -0.1) is 11.3 Å². The molecule has 1 aromatic heterocycles. The van der Waals surface area contributed by atoms with Crippen molar-refractivity contribution in [2.75, 3.05) is 5.73 Å². The number of hydrogen-bond acceptors (Lipinski definition) is 2. The lowest BCUT2D eigenvalue weighted by Crippen LogP contribution is -1.89. The SMILES string of the molecule is Nc1cc(C2CCCC2)c(Br)s1. The van der Waals surface area contributed by atoms with Gasteiger partial charge in [0.1, 0.15) is 0 Å². The van der Waals surface area contributed by atoms with Crippen LogP contribution in [0.5, 0.6) is 0 Å². The van der Waals surface area contributed by atoms with E-state index in [1.54, 1.807) is 11.3 Å². The molecule has 66 valence electrons. The third-order valence-corrected chi connectivity index (χ3v) is 4.24. The van der Waals surface area contributed by atoms with E-state index < -0.39 is 0 Å². The number of anilines is 1. The molecule has 0 spiro atoms. The highest BCUT2D eigenvalue weighted by Crippen LogP contribution is 2.42. The largest absolute Gasteiger partial charge is 0.391 e. The number of nitrogens with two attached hydrogens (primary N) is 1. The summed E-state index contributed by atoms with van der Waals surface area (Å²) in [5.41, 5.74) is 7.18. The predicted octanol–water partition coefficient (Wildman–Crippen LogP) is 3.75. The topological polar surface area (TPSA) is 26.0 Å². The molecule has 0 bridgehead atoms. The maximum Gasteiger partial charge on any atom is 0.0871 e. The van der Waals surface area contributed by atoms with E-state index in [0.717, 1.165) is 10.9 Å². The Morgan fingerprint density at radius 2 is 2.08 bits per heavy atom. The zero-order chi connectivity index (χ0) is 8.55. The van der Waals surface area contributed by atoms with Gasteiger partial charge in [-0.05, 0) is 46.3 Å². The summed E-state index contributed by atoms with van der Waals surface area (Å²) in [5.74, 6) is 0.771. The van der Waals surface area contributed by atoms with Gasteiger partial charge in [-0.2, -0.15) is 0 Å². The molecule has 1 aromatic rings. The Balaban J connectivity index is 2.25. The highest BCUT2D eigenvalue weighted by atomic mass is 79.9. The average molecular weight is 246 g/mol. The lowest BCUT2D eigenvalue weighted by atomic mass is 10.0. The second kappa shape index (κ2) is 3.38. The lowest BCUT2D eigenvalue weighted by molar-refractivity contribution is 0.724. The van der Waals surface area contributed by atoms with Crippen molar-refractivity contribution >= 4 is 32.3 Å². The quantitative estimate of drug-likeness (QED) is 0.802. The third-order valence-electron chi connectivity index (χ3n) is 2.53. The molecule has 2 N–H and O–H groups in total. The summed E-state index contributed by atoms with van der Waals surface area (Å²) in [7, 11) is 0. The van der Waals surface area contributed by atoms with Crippen LogP contribution in [0.15, 0.2) is 9.85 Å². The first-order valence-electron chi connectivity index (χ1n) is 4.32. The highest BCUT2D eigenvalue weighted by molar-refractivity contribution is 9.11. The van der Waals surface area contributed by atoms with Gasteiger partial charge in [0.2, 0.25) is 0 Å². The fraction of sp³-hybridized carbons (Fsp3) is 0.556. The van der Waals surface area contributed by atoms with Gasteiger partial charge in [-0.3, -0.25) is 0 Å². The van der Waals surface area contributed by atoms with E-state index in [1.807, 2.05) is 0 Å². The van der Waals surface area contributed by atoms with Crippen molar-refractivity contribution in [1.29, 1.82) is 0 Å². The van der Waals surface area contributed by atoms with Crippen molar-refractivity contribution in [3.05, 3.63) is 15.4 Å². The Kier molecular flexibility index (Phi) is 2.42. The van der Waals surface area contributed by atoms with Crippen molar-refractivity contribution < 1.29 is 0 Å². The predicted molar refractivity (Wildman–Crippen MR) is 57.6 cm³/mol. The minimum atomic E-state index is 0.771. The monoisotopic (exact) mass is 245 g/mol. The number of rotatable bonds is 1. The third kappa shape index (κ3) is 1.52. The molecular formula is C9H12BrNS. The minimum absolute atomic E-state index is 0.771. The maximum absolute atomic E-state index is 5.74. The van der Waals surface area contributed by atoms with Crippen LogP contribution in [0.4, 0.5) is 5.00 Å². The standard InChI is InChI=1S/C9H12BrNS/c10-9-7(5-8(11)12-9)6-3-1-2-4-6/h5-6H,1-4,11H2. The zero-order valence-electron chi connectivity index (χ0n) is 6.85. The second-order valence-electron chi connectivity index (χ2n) is 3.36. The van der Waals surface area contributed by atoms with E-state index in [-0.39, 0.29) is 0 Å². The van der Waals surface area contributed by atoms with Crippen LogP contribution < -0.4 is 5.73 Å². The summed E-state index contributed by atoms with van der Waals surface area (Å²) in [6, 6.07) is 2.13. The van der Waals surface area contributed by atoms with Crippen molar-refractivity contribution in [3.8, 4) is 0 Å². The fourth-order valence-corrected chi connectivity index (χ4v) is 3.65.